The van der Waals surface area contributed by atoms with Crippen LogP contribution in [0.3, 0.4) is 0 Å². The molecular weight excluding hydrogens is 290 g/mol. The number of carbonyl (C=O) groups excluding carboxylic acids is 1. The predicted octanol–water partition coefficient (Wildman–Crippen LogP) is 3.08. The zero-order valence-electron chi connectivity index (χ0n) is 14.4. The summed E-state index contributed by atoms with van der Waals surface area (Å²) in [6.07, 6.45) is 2.91. The van der Waals surface area contributed by atoms with Crippen LogP contribution in [0.1, 0.15) is 37.7 Å². The highest BCUT2D eigenvalue weighted by Gasteiger charge is 2.28. The van der Waals surface area contributed by atoms with Gasteiger partial charge in [-0.15, -0.1) is 0 Å². The third-order valence-electron chi connectivity index (χ3n) is 4.62. The Kier molecular flexibility index (Phi) is 7.56. The number of hydrogen-bond acceptors (Lipinski definition) is 3. The van der Waals surface area contributed by atoms with Gasteiger partial charge >= 0.3 is 0 Å². The van der Waals surface area contributed by atoms with Gasteiger partial charge in [0.25, 0.3) is 0 Å². The standard InChI is InChI=1S/C19H29NO3/c1-3-18(17-7-5-4-6-8-17)19(21)20-11-9-16(10-12-20)15-23-14-13-22-2/h4-8,16,18H,3,9-15H2,1-2H3. The molecule has 0 saturated carbocycles. The van der Waals surface area contributed by atoms with Crippen molar-refractivity contribution in [3.05, 3.63) is 35.9 Å². The molecule has 1 fully saturated rings. The maximum Gasteiger partial charge on any atom is 0.230 e. The van der Waals surface area contributed by atoms with Gasteiger partial charge in [-0.2, -0.15) is 0 Å². The minimum absolute atomic E-state index is 0.00861. The smallest absolute Gasteiger partial charge is 0.230 e. The highest BCUT2D eigenvalue weighted by atomic mass is 16.5. The topological polar surface area (TPSA) is 38.8 Å². The number of ether oxygens (including phenoxy) is 2. The Hall–Kier alpha value is -1.39. The van der Waals surface area contributed by atoms with E-state index in [4.69, 9.17) is 9.47 Å². The molecular formula is C19H29NO3. The lowest BCUT2D eigenvalue weighted by molar-refractivity contribution is -0.134. The molecule has 1 atom stereocenters. The molecule has 1 saturated heterocycles. The number of rotatable bonds is 8. The molecule has 4 nitrogen and oxygen atoms in total. The lowest BCUT2D eigenvalue weighted by atomic mass is 9.92. The highest BCUT2D eigenvalue weighted by Crippen LogP contribution is 2.25. The van der Waals surface area contributed by atoms with Crippen molar-refractivity contribution in [2.45, 2.75) is 32.1 Å². The number of piperidine rings is 1. The Morgan fingerprint density at radius 2 is 1.91 bits per heavy atom. The van der Waals surface area contributed by atoms with Gasteiger partial charge in [0, 0.05) is 26.8 Å². The van der Waals surface area contributed by atoms with E-state index in [2.05, 4.69) is 19.1 Å². The minimum atomic E-state index is -0.00861. The first-order valence-electron chi connectivity index (χ1n) is 8.66. The maximum absolute atomic E-state index is 12.8. The molecule has 0 spiro atoms. The average Bonchev–Trinajstić information content (AvgIpc) is 2.61. The summed E-state index contributed by atoms with van der Waals surface area (Å²) in [5, 5.41) is 0. The fourth-order valence-electron chi connectivity index (χ4n) is 3.17. The van der Waals surface area contributed by atoms with Crippen molar-refractivity contribution in [3.8, 4) is 0 Å². The summed E-state index contributed by atoms with van der Waals surface area (Å²) >= 11 is 0. The van der Waals surface area contributed by atoms with E-state index in [9.17, 15) is 4.79 Å². The van der Waals surface area contributed by atoms with E-state index in [1.165, 1.54) is 0 Å². The maximum atomic E-state index is 12.8. The van der Waals surface area contributed by atoms with E-state index in [0.717, 1.165) is 44.5 Å². The third kappa shape index (κ3) is 5.33. The molecule has 4 heteroatoms. The van der Waals surface area contributed by atoms with Crippen LogP contribution in [0, 0.1) is 5.92 Å². The Labute approximate surface area is 139 Å². The summed E-state index contributed by atoms with van der Waals surface area (Å²) in [5.74, 6) is 0.830. The molecule has 1 unspecified atom stereocenters. The van der Waals surface area contributed by atoms with Crippen molar-refractivity contribution in [1.82, 2.24) is 4.90 Å². The predicted molar refractivity (Wildman–Crippen MR) is 91.5 cm³/mol. The molecule has 128 valence electrons. The average molecular weight is 319 g/mol. The van der Waals surface area contributed by atoms with E-state index < -0.39 is 0 Å². The highest BCUT2D eigenvalue weighted by molar-refractivity contribution is 5.83. The van der Waals surface area contributed by atoms with Crippen LogP contribution < -0.4 is 0 Å². The number of hydrogen-bond donors (Lipinski definition) is 0. The van der Waals surface area contributed by atoms with Crippen molar-refractivity contribution < 1.29 is 14.3 Å². The molecule has 0 N–H and O–H groups in total. The van der Waals surface area contributed by atoms with Crippen LogP contribution in [0.15, 0.2) is 30.3 Å². The Bertz CT molecular complexity index is 455. The van der Waals surface area contributed by atoms with Gasteiger partial charge in [0.1, 0.15) is 0 Å². The minimum Gasteiger partial charge on any atom is -0.382 e. The molecule has 0 aromatic heterocycles. The largest absolute Gasteiger partial charge is 0.382 e. The Morgan fingerprint density at radius 3 is 2.52 bits per heavy atom. The lowest BCUT2D eigenvalue weighted by Crippen LogP contribution is -2.41. The van der Waals surface area contributed by atoms with E-state index >= 15 is 0 Å². The summed E-state index contributed by atoms with van der Waals surface area (Å²) in [5.41, 5.74) is 1.13. The van der Waals surface area contributed by atoms with Crippen molar-refractivity contribution >= 4 is 5.91 Å². The Morgan fingerprint density at radius 1 is 1.22 bits per heavy atom. The molecule has 23 heavy (non-hydrogen) atoms. The van der Waals surface area contributed by atoms with Crippen LogP contribution in [0.25, 0.3) is 0 Å². The molecule has 1 aliphatic rings. The van der Waals surface area contributed by atoms with Crippen molar-refractivity contribution in [2.24, 2.45) is 5.92 Å². The first-order valence-corrected chi connectivity index (χ1v) is 8.66. The first kappa shape index (κ1) is 18.0. The number of methoxy groups -OCH3 is 1. The van der Waals surface area contributed by atoms with E-state index in [1.54, 1.807) is 7.11 Å². The second-order valence-corrected chi connectivity index (χ2v) is 6.21. The van der Waals surface area contributed by atoms with Crippen molar-refractivity contribution in [3.63, 3.8) is 0 Å². The molecule has 0 aliphatic carbocycles. The van der Waals surface area contributed by atoms with Gasteiger partial charge < -0.3 is 14.4 Å². The van der Waals surface area contributed by atoms with Crippen molar-refractivity contribution in [1.29, 1.82) is 0 Å². The van der Waals surface area contributed by atoms with Gasteiger partial charge in [-0.1, -0.05) is 37.3 Å². The van der Waals surface area contributed by atoms with Gasteiger partial charge in [-0.3, -0.25) is 4.79 Å². The molecule has 1 aliphatic heterocycles. The third-order valence-corrected chi connectivity index (χ3v) is 4.62. The van der Waals surface area contributed by atoms with Crippen molar-refractivity contribution in [2.75, 3.05) is 40.0 Å². The first-order chi connectivity index (χ1) is 11.3. The number of nitrogens with zero attached hydrogens (tertiary/aromatic N) is 1. The second-order valence-electron chi connectivity index (χ2n) is 6.21. The second kappa shape index (κ2) is 9.68. The number of likely N-dealkylation sites (tertiary alicyclic amines) is 1. The van der Waals surface area contributed by atoms with E-state index in [-0.39, 0.29) is 11.8 Å². The molecule has 1 amide bonds. The zero-order chi connectivity index (χ0) is 16.5. The molecule has 0 bridgehead atoms. The normalized spacial score (nSPS) is 17.2. The van der Waals surface area contributed by atoms with Crippen LogP contribution in [0.2, 0.25) is 0 Å². The van der Waals surface area contributed by atoms with Crippen LogP contribution in [-0.2, 0) is 14.3 Å². The van der Waals surface area contributed by atoms with Gasteiger partial charge in [0.05, 0.1) is 19.1 Å². The molecule has 2 rings (SSSR count). The quantitative estimate of drug-likeness (QED) is 0.691. The molecule has 1 heterocycles. The number of amides is 1. The summed E-state index contributed by atoms with van der Waals surface area (Å²) in [6.45, 7) is 5.86. The Balaban J connectivity index is 1.80. The van der Waals surface area contributed by atoms with Crippen LogP contribution in [-0.4, -0.2) is 50.8 Å². The molecule has 1 aromatic carbocycles. The summed E-state index contributed by atoms with van der Waals surface area (Å²) < 4.78 is 10.6. The van der Waals surface area contributed by atoms with Crippen LogP contribution in [0.4, 0.5) is 0 Å². The van der Waals surface area contributed by atoms with Crippen LogP contribution >= 0.6 is 0 Å². The summed E-state index contributed by atoms with van der Waals surface area (Å²) in [4.78, 5) is 14.8. The zero-order valence-corrected chi connectivity index (χ0v) is 14.4. The summed E-state index contributed by atoms with van der Waals surface area (Å²) in [7, 11) is 1.68. The van der Waals surface area contributed by atoms with E-state index in [0.29, 0.717) is 19.1 Å². The van der Waals surface area contributed by atoms with Gasteiger partial charge in [0.2, 0.25) is 5.91 Å². The summed E-state index contributed by atoms with van der Waals surface area (Å²) in [6, 6.07) is 10.1. The fraction of sp³-hybridized carbons (Fsp3) is 0.632. The van der Waals surface area contributed by atoms with E-state index in [1.807, 2.05) is 23.1 Å². The monoisotopic (exact) mass is 319 g/mol. The van der Waals surface area contributed by atoms with Gasteiger partial charge in [-0.25, -0.2) is 0 Å². The van der Waals surface area contributed by atoms with Gasteiger partial charge in [0.15, 0.2) is 0 Å². The fourth-order valence-corrected chi connectivity index (χ4v) is 3.17. The lowest BCUT2D eigenvalue weighted by Gasteiger charge is -2.34. The van der Waals surface area contributed by atoms with Crippen LogP contribution in [0.5, 0.6) is 0 Å². The SMILES string of the molecule is CCC(C(=O)N1CCC(COCCOC)CC1)c1ccccc1. The molecule has 1 aromatic rings. The number of carbonyl (C=O) groups is 1. The van der Waals surface area contributed by atoms with Gasteiger partial charge in [-0.05, 0) is 30.7 Å². The molecule has 0 radical (unpaired) electrons. The number of benzene rings is 1.